The summed E-state index contributed by atoms with van der Waals surface area (Å²) in [4.78, 5) is 35.2. The maximum atomic E-state index is 13.4. The summed E-state index contributed by atoms with van der Waals surface area (Å²) in [5.74, 6) is 0.477. The van der Waals surface area contributed by atoms with E-state index in [1.54, 1.807) is 11.0 Å². The molecule has 1 aromatic heterocycles. The molecule has 0 aliphatic carbocycles. The molecule has 0 spiro atoms. The van der Waals surface area contributed by atoms with Crippen LogP contribution in [0.15, 0.2) is 71.5 Å². The number of rotatable bonds is 6. The number of nitrogens with zero attached hydrogens (tertiary/aromatic N) is 2. The van der Waals surface area contributed by atoms with Gasteiger partial charge in [-0.1, -0.05) is 54.6 Å². The minimum atomic E-state index is -0.191. The number of benzene rings is 3. The van der Waals surface area contributed by atoms with Gasteiger partial charge in [0.1, 0.15) is 5.82 Å². The fraction of sp³-hybridized carbons (Fsp3) is 0.269. The predicted octanol–water partition coefficient (Wildman–Crippen LogP) is 3.83. The van der Waals surface area contributed by atoms with E-state index in [1.807, 2.05) is 48.5 Å². The Morgan fingerprint density at radius 3 is 2.66 bits per heavy atom. The number of ether oxygens (including phenoxy) is 1. The highest BCUT2D eigenvalue weighted by Crippen LogP contribution is 2.21. The fourth-order valence-corrected chi connectivity index (χ4v) is 4.40. The SMILES string of the molecule is O=C(Cc1cccc2ccccc12)N(Cc1nc2ccccc2c(=O)[nH]1)C[C@@H]1CCCO1. The van der Waals surface area contributed by atoms with E-state index in [1.165, 1.54) is 0 Å². The van der Waals surface area contributed by atoms with Gasteiger partial charge in [-0.05, 0) is 41.3 Å². The number of carbonyl (C=O) groups excluding carboxylic acids is 1. The number of amides is 1. The van der Waals surface area contributed by atoms with Crippen LogP contribution >= 0.6 is 0 Å². The van der Waals surface area contributed by atoms with Gasteiger partial charge in [-0.25, -0.2) is 4.98 Å². The second-order valence-corrected chi connectivity index (χ2v) is 8.25. The summed E-state index contributed by atoms with van der Waals surface area (Å²) < 4.78 is 5.80. The molecule has 2 heterocycles. The molecule has 1 fully saturated rings. The van der Waals surface area contributed by atoms with Gasteiger partial charge >= 0.3 is 0 Å². The number of H-pyrrole nitrogens is 1. The quantitative estimate of drug-likeness (QED) is 0.508. The Hall–Kier alpha value is -3.51. The lowest BCUT2D eigenvalue weighted by Crippen LogP contribution is -2.38. The highest BCUT2D eigenvalue weighted by Gasteiger charge is 2.24. The summed E-state index contributed by atoms with van der Waals surface area (Å²) in [6.45, 7) is 1.45. The molecule has 5 rings (SSSR count). The molecule has 3 aromatic carbocycles. The van der Waals surface area contributed by atoms with Crippen LogP contribution in [0.1, 0.15) is 24.2 Å². The van der Waals surface area contributed by atoms with Crippen LogP contribution in [0.3, 0.4) is 0 Å². The number of carbonyl (C=O) groups is 1. The van der Waals surface area contributed by atoms with E-state index in [-0.39, 0.29) is 30.5 Å². The Kier molecular flexibility index (Phi) is 5.69. The Morgan fingerprint density at radius 1 is 1.03 bits per heavy atom. The maximum Gasteiger partial charge on any atom is 0.258 e. The van der Waals surface area contributed by atoms with Gasteiger partial charge in [-0.3, -0.25) is 9.59 Å². The summed E-state index contributed by atoms with van der Waals surface area (Å²) in [6.07, 6.45) is 2.23. The average molecular weight is 428 g/mol. The number of hydrogen-bond acceptors (Lipinski definition) is 4. The molecule has 0 radical (unpaired) electrons. The first kappa shape index (κ1) is 20.4. The van der Waals surface area contributed by atoms with Crippen LogP contribution in [0.4, 0.5) is 0 Å². The molecule has 1 saturated heterocycles. The van der Waals surface area contributed by atoms with E-state index >= 15 is 0 Å². The summed E-state index contributed by atoms with van der Waals surface area (Å²) in [5.41, 5.74) is 1.43. The van der Waals surface area contributed by atoms with Crippen molar-refractivity contribution in [2.24, 2.45) is 0 Å². The zero-order valence-electron chi connectivity index (χ0n) is 17.8. The molecule has 1 aliphatic heterocycles. The van der Waals surface area contributed by atoms with Crippen LogP contribution in [-0.2, 0) is 22.5 Å². The lowest BCUT2D eigenvalue weighted by atomic mass is 10.0. The maximum absolute atomic E-state index is 13.4. The lowest BCUT2D eigenvalue weighted by Gasteiger charge is -2.25. The van der Waals surface area contributed by atoms with Crippen LogP contribution in [0, 0.1) is 0 Å². The minimum Gasteiger partial charge on any atom is -0.376 e. The number of fused-ring (bicyclic) bond motifs is 2. The number of hydrogen-bond donors (Lipinski definition) is 1. The van der Waals surface area contributed by atoms with Crippen molar-refractivity contribution in [1.29, 1.82) is 0 Å². The number of aromatic amines is 1. The molecule has 1 atom stereocenters. The van der Waals surface area contributed by atoms with E-state index in [2.05, 4.69) is 22.1 Å². The summed E-state index contributed by atoms with van der Waals surface area (Å²) in [7, 11) is 0. The Labute approximate surface area is 185 Å². The Morgan fingerprint density at radius 2 is 1.81 bits per heavy atom. The fourth-order valence-electron chi connectivity index (χ4n) is 4.40. The van der Waals surface area contributed by atoms with E-state index in [0.717, 1.165) is 35.8 Å². The Balaban J connectivity index is 1.44. The molecule has 6 nitrogen and oxygen atoms in total. The molecule has 1 aliphatic rings. The normalized spacial score (nSPS) is 15.9. The zero-order valence-corrected chi connectivity index (χ0v) is 17.8. The van der Waals surface area contributed by atoms with Gasteiger partial charge in [0.25, 0.3) is 5.56 Å². The van der Waals surface area contributed by atoms with Gasteiger partial charge in [0, 0.05) is 13.2 Å². The van der Waals surface area contributed by atoms with Crippen LogP contribution in [0.25, 0.3) is 21.7 Å². The van der Waals surface area contributed by atoms with E-state index in [9.17, 15) is 9.59 Å². The van der Waals surface area contributed by atoms with Crippen molar-refractivity contribution >= 4 is 27.6 Å². The summed E-state index contributed by atoms with van der Waals surface area (Å²) in [5, 5.41) is 2.74. The molecule has 6 heteroatoms. The highest BCUT2D eigenvalue weighted by atomic mass is 16.5. The predicted molar refractivity (Wildman–Crippen MR) is 124 cm³/mol. The standard InChI is InChI=1S/C26H25N3O3/c30-25(15-19-9-5-8-18-7-1-2-11-21(18)19)29(16-20-10-6-14-32-20)17-24-27-23-13-4-3-12-22(23)26(31)28-24/h1-5,7-9,11-13,20H,6,10,14-17H2,(H,27,28,31)/t20-/m0/s1. The molecular weight excluding hydrogens is 402 g/mol. The molecule has 0 saturated carbocycles. The monoisotopic (exact) mass is 427 g/mol. The molecule has 0 unspecified atom stereocenters. The average Bonchev–Trinajstić information content (AvgIpc) is 3.32. The molecular formula is C26H25N3O3. The van der Waals surface area contributed by atoms with E-state index < -0.39 is 0 Å². The van der Waals surface area contributed by atoms with Crippen molar-refractivity contribution in [3.8, 4) is 0 Å². The summed E-state index contributed by atoms with van der Waals surface area (Å²) >= 11 is 0. The van der Waals surface area contributed by atoms with Crippen LogP contribution in [0.5, 0.6) is 0 Å². The van der Waals surface area contributed by atoms with Crippen molar-refractivity contribution in [3.05, 3.63) is 88.5 Å². The lowest BCUT2D eigenvalue weighted by molar-refractivity contribution is -0.132. The molecule has 1 amide bonds. The first-order chi connectivity index (χ1) is 15.7. The third-order valence-electron chi connectivity index (χ3n) is 6.02. The van der Waals surface area contributed by atoms with Gasteiger partial charge in [0.15, 0.2) is 0 Å². The largest absolute Gasteiger partial charge is 0.376 e. The van der Waals surface area contributed by atoms with Crippen molar-refractivity contribution < 1.29 is 9.53 Å². The molecule has 0 bridgehead atoms. The first-order valence-corrected chi connectivity index (χ1v) is 11.0. The van der Waals surface area contributed by atoms with E-state index in [4.69, 9.17) is 4.74 Å². The summed E-state index contributed by atoms with van der Waals surface area (Å²) in [6, 6.07) is 21.4. The third kappa shape index (κ3) is 4.27. The van der Waals surface area contributed by atoms with Gasteiger partial charge in [-0.2, -0.15) is 0 Å². The molecule has 4 aromatic rings. The van der Waals surface area contributed by atoms with Gasteiger partial charge in [-0.15, -0.1) is 0 Å². The molecule has 162 valence electrons. The van der Waals surface area contributed by atoms with Gasteiger partial charge < -0.3 is 14.6 Å². The van der Waals surface area contributed by atoms with Crippen molar-refractivity contribution in [3.63, 3.8) is 0 Å². The molecule has 32 heavy (non-hydrogen) atoms. The van der Waals surface area contributed by atoms with Gasteiger partial charge in [0.05, 0.1) is 30.0 Å². The smallest absolute Gasteiger partial charge is 0.258 e. The molecule has 1 N–H and O–H groups in total. The van der Waals surface area contributed by atoms with Crippen LogP contribution < -0.4 is 5.56 Å². The zero-order chi connectivity index (χ0) is 21.9. The third-order valence-corrected chi connectivity index (χ3v) is 6.02. The number of nitrogens with one attached hydrogen (secondary N) is 1. The van der Waals surface area contributed by atoms with Crippen LogP contribution in [0.2, 0.25) is 0 Å². The second kappa shape index (κ2) is 8.93. The van der Waals surface area contributed by atoms with Crippen molar-refractivity contribution in [2.75, 3.05) is 13.2 Å². The van der Waals surface area contributed by atoms with Crippen molar-refractivity contribution in [1.82, 2.24) is 14.9 Å². The first-order valence-electron chi connectivity index (χ1n) is 11.0. The topological polar surface area (TPSA) is 75.3 Å². The second-order valence-electron chi connectivity index (χ2n) is 8.25. The minimum absolute atomic E-state index is 0.00680. The van der Waals surface area contributed by atoms with Crippen molar-refractivity contribution in [2.45, 2.75) is 31.9 Å². The number of para-hydroxylation sites is 1. The highest BCUT2D eigenvalue weighted by molar-refractivity contribution is 5.90. The Bertz CT molecular complexity index is 1320. The number of aromatic nitrogens is 2. The van der Waals surface area contributed by atoms with Gasteiger partial charge in [0.2, 0.25) is 5.91 Å². The van der Waals surface area contributed by atoms with Crippen LogP contribution in [-0.4, -0.2) is 40.0 Å². The van der Waals surface area contributed by atoms with E-state index in [0.29, 0.717) is 23.3 Å².